The summed E-state index contributed by atoms with van der Waals surface area (Å²) in [5.41, 5.74) is 10.4. The van der Waals surface area contributed by atoms with Crippen molar-refractivity contribution >= 4 is 11.1 Å². The van der Waals surface area contributed by atoms with Gasteiger partial charge < -0.3 is 4.74 Å². The van der Waals surface area contributed by atoms with Crippen LogP contribution in [0, 0.1) is 0 Å². The molecule has 0 unspecified atom stereocenters. The third kappa shape index (κ3) is 2.36. The molecular formula is C24H18O. The molecule has 0 aromatic heterocycles. The molecule has 0 spiro atoms. The van der Waals surface area contributed by atoms with Crippen molar-refractivity contribution in [1.29, 1.82) is 0 Å². The summed E-state index contributed by atoms with van der Waals surface area (Å²) in [7, 11) is 0. The van der Waals surface area contributed by atoms with Crippen LogP contribution in [0.4, 0.5) is 0 Å². The van der Waals surface area contributed by atoms with Gasteiger partial charge in [0.2, 0.25) is 0 Å². The van der Waals surface area contributed by atoms with E-state index < -0.39 is 0 Å². The van der Waals surface area contributed by atoms with E-state index in [9.17, 15) is 0 Å². The lowest BCUT2D eigenvalue weighted by Crippen LogP contribution is -1.89. The highest BCUT2D eigenvalue weighted by Gasteiger charge is 2.24. The van der Waals surface area contributed by atoms with Crippen molar-refractivity contribution in [1.82, 2.24) is 0 Å². The second-order valence-corrected chi connectivity index (χ2v) is 6.50. The maximum absolute atomic E-state index is 5.89. The summed E-state index contributed by atoms with van der Waals surface area (Å²) >= 11 is 0. The Labute approximate surface area is 147 Å². The van der Waals surface area contributed by atoms with Gasteiger partial charge in [0.15, 0.2) is 0 Å². The molecule has 1 heterocycles. The zero-order valence-electron chi connectivity index (χ0n) is 13.9. The fourth-order valence-electron chi connectivity index (χ4n) is 3.87. The lowest BCUT2D eigenvalue weighted by molar-refractivity contribution is 0.219. The summed E-state index contributed by atoms with van der Waals surface area (Å²) in [6.45, 7) is 1.36. The topological polar surface area (TPSA) is 9.23 Å². The maximum Gasteiger partial charge on any atom is 0.0731 e. The molecule has 0 radical (unpaired) electrons. The molecule has 0 N–H and O–H groups in total. The Morgan fingerprint density at radius 2 is 0.920 bits per heavy atom. The SMILES string of the molecule is c1ccc2ccc(C3=C(c4ccc5cccccc4-5)COC3)c-2cc1. The van der Waals surface area contributed by atoms with Crippen LogP contribution in [0.3, 0.4) is 0 Å². The van der Waals surface area contributed by atoms with Gasteiger partial charge in [-0.3, -0.25) is 0 Å². The first-order chi connectivity index (χ1) is 12.4. The number of ether oxygens (including phenoxy) is 1. The highest BCUT2D eigenvalue weighted by Crippen LogP contribution is 2.42. The van der Waals surface area contributed by atoms with E-state index in [2.05, 4.69) is 84.9 Å². The molecule has 1 aliphatic heterocycles. The zero-order valence-corrected chi connectivity index (χ0v) is 13.9. The van der Waals surface area contributed by atoms with Gasteiger partial charge in [-0.05, 0) is 44.5 Å². The van der Waals surface area contributed by atoms with Crippen molar-refractivity contribution in [2.75, 3.05) is 13.2 Å². The summed E-state index contributed by atoms with van der Waals surface area (Å²) in [6.07, 6.45) is 0. The lowest BCUT2D eigenvalue weighted by atomic mass is 9.94. The zero-order chi connectivity index (χ0) is 16.6. The van der Waals surface area contributed by atoms with E-state index in [-0.39, 0.29) is 0 Å². The highest BCUT2D eigenvalue weighted by molar-refractivity contribution is 6.01. The Hall–Kier alpha value is -2.90. The predicted molar refractivity (Wildman–Crippen MR) is 104 cm³/mol. The Bertz CT molecular complexity index is 945. The van der Waals surface area contributed by atoms with E-state index in [1.165, 1.54) is 44.5 Å². The van der Waals surface area contributed by atoms with Crippen LogP contribution in [0.1, 0.15) is 11.1 Å². The Kier molecular flexibility index (Phi) is 3.39. The molecule has 0 bridgehead atoms. The van der Waals surface area contributed by atoms with Crippen molar-refractivity contribution in [2.45, 2.75) is 0 Å². The monoisotopic (exact) mass is 322 g/mol. The minimum Gasteiger partial charge on any atom is -0.372 e. The second kappa shape index (κ2) is 5.87. The Balaban J connectivity index is 1.70. The van der Waals surface area contributed by atoms with Crippen LogP contribution < -0.4 is 0 Å². The molecule has 4 aliphatic carbocycles. The van der Waals surface area contributed by atoms with E-state index in [1.807, 2.05) is 0 Å². The van der Waals surface area contributed by atoms with Crippen LogP contribution in [0.25, 0.3) is 33.4 Å². The first kappa shape index (κ1) is 14.4. The summed E-state index contributed by atoms with van der Waals surface area (Å²) < 4.78 is 5.89. The molecule has 0 amide bonds. The quantitative estimate of drug-likeness (QED) is 0.450. The van der Waals surface area contributed by atoms with Gasteiger partial charge in [-0.15, -0.1) is 0 Å². The Morgan fingerprint density at radius 1 is 0.440 bits per heavy atom. The van der Waals surface area contributed by atoms with Gasteiger partial charge in [0, 0.05) is 0 Å². The molecule has 0 aromatic carbocycles. The van der Waals surface area contributed by atoms with Gasteiger partial charge >= 0.3 is 0 Å². The summed E-state index contributed by atoms with van der Waals surface area (Å²) in [4.78, 5) is 0. The van der Waals surface area contributed by atoms with Gasteiger partial charge in [0.1, 0.15) is 0 Å². The predicted octanol–water partition coefficient (Wildman–Crippen LogP) is 5.84. The first-order valence-corrected chi connectivity index (χ1v) is 8.68. The largest absolute Gasteiger partial charge is 0.372 e. The summed E-state index contributed by atoms with van der Waals surface area (Å²) in [5.74, 6) is 0. The molecule has 1 nitrogen and oxygen atoms in total. The lowest BCUT2D eigenvalue weighted by Gasteiger charge is -2.08. The van der Waals surface area contributed by atoms with Crippen LogP contribution in [0.15, 0.2) is 84.9 Å². The molecule has 0 saturated heterocycles. The molecule has 0 atom stereocenters. The van der Waals surface area contributed by atoms with Crippen LogP contribution in [-0.2, 0) is 4.74 Å². The van der Waals surface area contributed by atoms with E-state index >= 15 is 0 Å². The van der Waals surface area contributed by atoms with Gasteiger partial charge in [0.25, 0.3) is 0 Å². The van der Waals surface area contributed by atoms with Crippen molar-refractivity contribution in [3.8, 4) is 22.3 Å². The third-order valence-corrected chi connectivity index (χ3v) is 5.09. The Morgan fingerprint density at radius 3 is 1.44 bits per heavy atom. The molecule has 0 aromatic rings. The molecule has 1 heteroatoms. The van der Waals surface area contributed by atoms with E-state index in [4.69, 9.17) is 4.74 Å². The molecule has 5 rings (SSSR count). The van der Waals surface area contributed by atoms with Crippen molar-refractivity contribution in [3.63, 3.8) is 0 Å². The number of hydrogen-bond donors (Lipinski definition) is 0. The second-order valence-electron chi connectivity index (χ2n) is 6.50. The first-order valence-electron chi connectivity index (χ1n) is 8.68. The third-order valence-electron chi connectivity index (χ3n) is 5.09. The molecular weight excluding hydrogens is 304 g/mol. The minimum atomic E-state index is 0.679. The van der Waals surface area contributed by atoms with E-state index in [0.29, 0.717) is 13.2 Å². The van der Waals surface area contributed by atoms with Crippen molar-refractivity contribution < 1.29 is 4.74 Å². The van der Waals surface area contributed by atoms with Gasteiger partial charge in [-0.25, -0.2) is 0 Å². The maximum atomic E-state index is 5.89. The average Bonchev–Trinajstić information content (AvgIpc) is 3.25. The van der Waals surface area contributed by atoms with Crippen molar-refractivity contribution in [2.24, 2.45) is 0 Å². The summed E-state index contributed by atoms with van der Waals surface area (Å²) in [6, 6.07) is 30.2. The molecule has 120 valence electrons. The normalized spacial score (nSPS) is 14.6. The smallest absolute Gasteiger partial charge is 0.0731 e. The van der Waals surface area contributed by atoms with Gasteiger partial charge in [-0.2, -0.15) is 0 Å². The minimum absolute atomic E-state index is 0.679. The van der Waals surface area contributed by atoms with Gasteiger partial charge in [-0.1, -0.05) is 84.9 Å². The number of fused-ring (bicyclic) bond motifs is 2. The molecule has 0 saturated carbocycles. The van der Waals surface area contributed by atoms with E-state index in [0.717, 1.165) is 0 Å². The van der Waals surface area contributed by atoms with Crippen LogP contribution in [0.5, 0.6) is 0 Å². The number of hydrogen-bond acceptors (Lipinski definition) is 1. The molecule has 25 heavy (non-hydrogen) atoms. The summed E-state index contributed by atoms with van der Waals surface area (Å²) in [5, 5.41) is 0. The van der Waals surface area contributed by atoms with Crippen LogP contribution >= 0.6 is 0 Å². The van der Waals surface area contributed by atoms with Crippen molar-refractivity contribution in [3.05, 3.63) is 96.1 Å². The molecule has 0 fully saturated rings. The molecule has 5 aliphatic rings. The number of rotatable bonds is 2. The van der Waals surface area contributed by atoms with Crippen LogP contribution in [-0.4, -0.2) is 13.2 Å². The fraction of sp³-hybridized carbons (Fsp3) is 0.0833. The average molecular weight is 322 g/mol. The standard InChI is InChI=1S/C24H18O/c1-3-7-17-11-13-21(19(17)9-5-1)23-15-25-16-24(23)22-14-12-18-8-4-2-6-10-20(18)22/h1-14H,15-16H2. The highest BCUT2D eigenvalue weighted by atomic mass is 16.5. The van der Waals surface area contributed by atoms with Gasteiger partial charge in [0.05, 0.1) is 13.2 Å². The van der Waals surface area contributed by atoms with Crippen LogP contribution in [0.2, 0.25) is 0 Å². The fourth-order valence-corrected chi connectivity index (χ4v) is 3.87. The van der Waals surface area contributed by atoms with E-state index in [1.54, 1.807) is 0 Å².